The van der Waals surface area contributed by atoms with Crippen molar-refractivity contribution in [2.75, 3.05) is 36.9 Å². The molecule has 3 aromatic rings. The molecule has 9 heteroatoms. The Morgan fingerprint density at radius 1 is 1.17 bits per heavy atom. The summed E-state index contributed by atoms with van der Waals surface area (Å²) in [4.78, 5) is 26.7. The van der Waals surface area contributed by atoms with E-state index in [0.717, 1.165) is 55.4 Å². The zero-order valence-corrected chi connectivity index (χ0v) is 20.9. The first kappa shape index (κ1) is 23.5. The summed E-state index contributed by atoms with van der Waals surface area (Å²) in [6.07, 6.45) is 5.24. The van der Waals surface area contributed by atoms with Gasteiger partial charge in [0.1, 0.15) is 12.2 Å². The molecule has 35 heavy (non-hydrogen) atoms. The summed E-state index contributed by atoms with van der Waals surface area (Å²) < 4.78 is 1.88. The van der Waals surface area contributed by atoms with E-state index >= 15 is 0 Å². The lowest BCUT2D eigenvalue weighted by atomic mass is 10.1. The van der Waals surface area contributed by atoms with Gasteiger partial charge in [-0.25, -0.2) is 9.67 Å². The number of anilines is 2. The number of benzene rings is 2. The third-order valence-corrected chi connectivity index (χ3v) is 6.80. The zero-order valence-electron chi connectivity index (χ0n) is 20.2. The average Bonchev–Trinajstić information content (AvgIpc) is 3.49. The number of nitrogens with one attached hydrogen (secondary N) is 1. The van der Waals surface area contributed by atoms with Gasteiger partial charge in [0.25, 0.3) is 0 Å². The minimum Gasteiger partial charge on any atom is -0.373 e. The molecule has 0 atom stereocenters. The van der Waals surface area contributed by atoms with Gasteiger partial charge < -0.3 is 10.2 Å². The summed E-state index contributed by atoms with van der Waals surface area (Å²) >= 11 is 6.54. The molecule has 1 saturated heterocycles. The molecule has 1 N–H and O–H groups in total. The molecular formula is C26H30ClN7O. The Labute approximate surface area is 210 Å². The lowest BCUT2D eigenvalue weighted by Crippen LogP contribution is -2.21. The van der Waals surface area contributed by atoms with E-state index in [9.17, 15) is 4.79 Å². The number of likely N-dealkylation sites (tertiary alicyclic amines) is 1. The number of carbonyl (C=O) groups is 1. The average molecular weight is 492 g/mol. The number of aromatic nitrogens is 3. The topological polar surface area (TPSA) is 78.7 Å². The van der Waals surface area contributed by atoms with Crippen LogP contribution in [-0.4, -0.2) is 58.0 Å². The van der Waals surface area contributed by atoms with E-state index in [1.54, 1.807) is 12.4 Å². The molecule has 0 radical (unpaired) electrons. The van der Waals surface area contributed by atoms with E-state index in [2.05, 4.69) is 32.1 Å². The van der Waals surface area contributed by atoms with Gasteiger partial charge >= 0.3 is 0 Å². The summed E-state index contributed by atoms with van der Waals surface area (Å²) in [6, 6.07) is 11.7. The van der Waals surface area contributed by atoms with Crippen molar-refractivity contribution in [2.24, 2.45) is 4.99 Å². The maximum absolute atomic E-state index is 12.7. The highest BCUT2D eigenvalue weighted by Crippen LogP contribution is 2.38. The highest BCUT2D eigenvalue weighted by atomic mass is 35.5. The Morgan fingerprint density at radius 2 is 2.00 bits per heavy atom. The fraction of sp³-hybridized carbons (Fsp3) is 0.385. The summed E-state index contributed by atoms with van der Waals surface area (Å²) in [5.74, 6) is 0.794. The number of rotatable bonds is 7. The van der Waals surface area contributed by atoms with Crippen molar-refractivity contribution < 1.29 is 4.79 Å². The predicted octanol–water partition coefficient (Wildman–Crippen LogP) is 4.83. The van der Waals surface area contributed by atoms with E-state index < -0.39 is 0 Å². The molecule has 0 saturated carbocycles. The van der Waals surface area contributed by atoms with Crippen LogP contribution in [0.1, 0.15) is 44.0 Å². The number of aliphatic imine (C=N–C) groups is 1. The third kappa shape index (κ3) is 5.09. The van der Waals surface area contributed by atoms with E-state index in [0.29, 0.717) is 22.1 Å². The first-order valence-electron chi connectivity index (χ1n) is 12.2. The summed E-state index contributed by atoms with van der Waals surface area (Å²) in [6.45, 7) is 5.97. The molecule has 0 bridgehead atoms. The van der Waals surface area contributed by atoms with Crippen LogP contribution in [0.4, 0.5) is 17.1 Å². The first-order valence-corrected chi connectivity index (χ1v) is 12.5. The van der Waals surface area contributed by atoms with Crippen LogP contribution in [0, 0.1) is 0 Å². The number of halogens is 1. The molecular weight excluding hydrogens is 462 g/mol. The molecule has 8 nitrogen and oxygen atoms in total. The maximum atomic E-state index is 12.7. The zero-order chi connectivity index (χ0) is 24.4. The van der Waals surface area contributed by atoms with Gasteiger partial charge in [-0.15, -0.1) is 0 Å². The number of hydrogen-bond donors (Lipinski definition) is 1. The van der Waals surface area contributed by atoms with Gasteiger partial charge in [0.05, 0.1) is 46.4 Å². The highest BCUT2D eigenvalue weighted by Gasteiger charge is 2.21. The van der Waals surface area contributed by atoms with Gasteiger partial charge in [-0.3, -0.25) is 14.7 Å². The van der Waals surface area contributed by atoms with Crippen molar-refractivity contribution in [3.05, 3.63) is 59.1 Å². The SMILES string of the molecule is CCCN(C)c1cc2c(cc1Cl)NC(=O)CC(c1cccc(-n3ncnc3CN3CCCC3)c1)=N2. The van der Waals surface area contributed by atoms with Crippen LogP contribution in [0.25, 0.3) is 5.69 Å². The largest absolute Gasteiger partial charge is 0.373 e. The maximum Gasteiger partial charge on any atom is 0.230 e. The molecule has 3 heterocycles. The van der Waals surface area contributed by atoms with Crippen LogP contribution in [0.2, 0.25) is 5.02 Å². The number of amides is 1. The molecule has 182 valence electrons. The van der Waals surface area contributed by atoms with Crippen LogP contribution >= 0.6 is 11.6 Å². The van der Waals surface area contributed by atoms with Crippen molar-refractivity contribution in [1.82, 2.24) is 19.7 Å². The lowest BCUT2D eigenvalue weighted by Gasteiger charge is -2.21. The number of carbonyl (C=O) groups excluding carboxylic acids is 1. The molecule has 1 aromatic heterocycles. The molecule has 2 aromatic carbocycles. The summed E-state index contributed by atoms with van der Waals surface area (Å²) in [7, 11) is 2.01. The fourth-order valence-electron chi connectivity index (χ4n) is 4.74. The third-order valence-electron chi connectivity index (χ3n) is 6.50. The molecule has 5 rings (SSSR count). The number of hydrogen-bond acceptors (Lipinski definition) is 6. The minimum atomic E-state index is -0.117. The van der Waals surface area contributed by atoms with E-state index in [1.165, 1.54) is 12.8 Å². The quantitative estimate of drug-likeness (QED) is 0.512. The van der Waals surface area contributed by atoms with Gasteiger partial charge in [-0.2, -0.15) is 5.10 Å². The van der Waals surface area contributed by atoms with Gasteiger partial charge in [0.2, 0.25) is 5.91 Å². The number of fused-ring (bicyclic) bond motifs is 1. The van der Waals surface area contributed by atoms with Crippen molar-refractivity contribution in [3.63, 3.8) is 0 Å². The van der Waals surface area contributed by atoms with Crippen LogP contribution in [0.5, 0.6) is 0 Å². The molecule has 0 aliphatic carbocycles. The highest BCUT2D eigenvalue weighted by molar-refractivity contribution is 6.34. The minimum absolute atomic E-state index is 0.117. The summed E-state index contributed by atoms with van der Waals surface area (Å²) in [5.41, 5.74) is 4.72. The van der Waals surface area contributed by atoms with E-state index in [1.807, 2.05) is 42.1 Å². The van der Waals surface area contributed by atoms with Gasteiger partial charge in [-0.1, -0.05) is 30.7 Å². The van der Waals surface area contributed by atoms with Gasteiger partial charge in [0, 0.05) is 13.6 Å². The van der Waals surface area contributed by atoms with Crippen molar-refractivity contribution in [2.45, 2.75) is 39.2 Å². The van der Waals surface area contributed by atoms with Crippen molar-refractivity contribution in [1.29, 1.82) is 0 Å². The lowest BCUT2D eigenvalue weighted by molar-refractivity contribution is -0.115. The molecule has 0 unspecified atom stereocenters. The second-order valence-electron chi connectivity index (χ2n) is 9.15. The monoisotopic (exact) mass is 491 g/mol. The predicted molar refractivity (Wildman–Crippen MR) is 140 cm³/mol. The molecule has 2 aliphatic rings. The Morgan fingerprint density at radius 3 is 2.80 bits per heavy atom. The first-order chi connectivity index (χ1) is 17.0. The van der Waals surface area contributed by atoms with E-state index in [-0.39, 0.29) is 12.3 Å². The number of nitrogens with zero attached hydrogens (tertiary/aromatic N) is 6. The molecule has 1 fully saturated rings. The molecule has 0 spiro atoms. The Bertz CT molecular complexity index is 1260. The molecule has 1 amide bonds. The smallest absolute Gasteiger partial charge is 0.230 e. The van der Waals surface area contributed by atoms with Crippen LogP contribution in [0.3, 0.4) is 0 Å². The second-order valence-corrected chi connectivity index (χ2v) is 9.55. The molecule has 2 aliphatic heterocycles. The Hall–Kier alpha value is -3.23. The van der Waals surface area contributed by atoms with Crippen LogP contribution < -0.4 is 10.2 Å². The van der Waals surface area contributed by atoms with E-state index in [4.69, 9.17) is 16.6 Å². The van der Waals surface area contributed by atoms with Crippen molar-refractivity contribution >= 4 is 40.3 Å². The second kappa shape index (κ2) is 10.2. The normalized spacial score (nSPS) is 16.0. The fourth-order valence-corrected chi connectivity index (χ4v) is 5.04. The van der Waals surface area contributed by atoms with Crippen LogP contribution in [-0.2, 0) is 11.3 Å². The Balaban J connectivity index is 1.50. The standard InChI is InChI=1S/C26H30ClN7O/c1-3-9-32(2)24-14-23-22(13-20(24)27)31-26(35)15-21(30-23)18-7-6-8-19(12-18)34-25(28-17-29-34)16-33-10-4-5-11-33/h6-8,12-14,17H,3-5,9-11,15-16H2,1-2H3,(H,31,35). The van der Waals surface area contributed by atoms with Crippen molar-refractivity contribution in [3.8, 4) is 5.69 Å². The van der Waals surface area contributed by atoms with Crippen LogP contribution in [0.15, 0.2) is 47.7 Å². The Kier molecular flexibility index (Phi) is 6.83. The summed E-state index contributed by atoms with van der Waals surface area (Å²) in [5, 5.41) is 8.04. The van der Waals surface area contributed by atoms with Gasteiger partial charge in [-0.05, 0) is 62.2 Å². The van der Waals surface area contributed by atoms with Gasteiger partial charge in [0.15, 0.2) is 0 Å².